The van der Waals surface area contributed by atoms with Crippen LogP contribution in [0.4, 0.5) is 0 Å². The molecule has 0 N–H and O–H groups in total. The second-order valence-electron chi connectivity index (χ2n) is 3.76. The molecule has 1 aromatic rings. The third-order valence-corrected chi connectivity index (χ3v) is 5.38. The van der Waals surface area contributed by atoms with Crippen LogP contribution in [0, 0.1) is 0 Å². The number of alkyl halides is 1. The van der Waals surface area contributed by atoms with Crippen LogP contribution in [-0.4, -0.2) is 16.7 Å². The van der Waals surface area contributed by atoms with Crippen molar-refractivity contribution in [2.24, 2.45) is 0 Å². The van der Waals surface area contributed by atoms with Gasteiger partial charge in [0.25, 0.3) is 0 Å². The highest BCUT2D eigenvalue weighted by Gasteiger charge is 2.33. The average Bonchev–Trinajstić information content (AvgIpc) is 2.29. The lowest BCUT2D eigenvalue weighted by atomic mass is 10.2. The second-order valence-corrected chi connectivity index (χ2v) is 6.71. The minimum absolute atomic E-state index is 0.0731. The van der Waals surface area contributed by atoms with Crippen molar-refractivity contribution >= 4 is 30.2 Å². The highest BCUT2D eigenvalue weighted by Crippen LogP contribution is 2.53. The Morgan fingerprint density at radius 3 is 2.88 bits per heavy atom. The van der Waals surface area contributed by atoms with Crippen molar-refractivity contribution in [2.75, 3.05) is 10.6 Å². The van der Waals surface area contributed by atoms with E-state index in [-0.39, 0.29) is 6.10 Å². The van der Waals surface area contributed by atoms with Crippen LogP contribution in [0.25, 0.3) is 0 Å². The molecule has 2 atom stereocenters. The lowest BCUT2D eigenvalue weighted by molar-refractivity contribution is 0.172. The summed E-state index contributed by atoms with van der Waals surface area (Å²) in [6.45, 7) is 0. The van der Waals surface area contributed by atoms with E-state index in [0.29, 0.717) is 11.9 Å². The molecule has 0 aliphatic carbocycles. The number of hydrogen-bond donors (Lipinski definition) is 0. The summed E-state index contributed by atoms with van der Waals surface area (Å²) in [5.74, 6) is 0.625. The van der Waals surface area contributed by atoms with Crippen LogP contribution in [0.2, 0.25) is 0 Å². The molecular weight excluding hydrogens is 338 g/mol. The molecule has 1 aromatic carbocycles. The predicted molar refractivity (Wildman–Crippen MR) is 72.5 cm³/mol. The van der Waals surface area contributed by atoms with Crippen molar-refractivity contribution in [1.29, 1.82) is 0 Å². The number of hydrogen-bond acceptors (Lipinski definition) is 3. The van der Waals surface area contributed by atoms with Crippen LogP contribution in [0.3, 0.4) is 0 Å². The van der Waals surface area contributed by atoms with Gasteiger partial charge in [-0.05, 0) is 25.0 Å². The Morgan fingerprint density at radius 2 is 2.19 bits per heavy atom. The van der Waals surface area contributed by atoms with Gasteiger partial charge in [-0.2, -0.15) is 0 Å². The third-order valence-electron chi connectivity index (χ3n) is 2.43. The number of para-hydroxylation sites is 1. The molecule has 0 spiro atoms. The molecule has 0 saturated carbocycles. The summed E-state index contributed by atoms with van der Waals surface area (Å²) < 4.78 is 24.2. The number of halogens is 1. The Kier molecular flexibility index (Phi) is 4.27. The van der Waals surface area contributed by atoms with Crippen LogP contribution >= 0.6 is 30.2 Å². The summed E-state index contributed by atoms with van der Waals surface area (Å²) >= 11 is 2.25. The Morgan fingerprint density at radius 1 is 1.44 bits per heavy atom. The van der Waals surface area contributed by atoms with Gasteiger partial charge in [0.05, 0.1) is 12.3 Å². The van der Waals surface area contributed by atoms with Gasteiger partial charge in [-0.15, -0.1) is 0 Å². The maximum Gasteiger partial charge on any atom is 0.379 e. The maximum absolute atomic E-state index is 12.3. The zero-order valence-electron chi connectivity index (χ0n) is 8.84. The molecule has 16 heavy (non-hydrogen) atoms. The van der Waals surface area contributed by atoms with Crippen molar-refractivity contribution in [1.82, 2.24) is 0 Å². The Balaban J connectivity index is 2.05. The van der Waals surface area contributed by atoms with Crippen LogP contribution in [0.5, 0.6) is 5.75 Å². The highest BCUT2D eigenvalue weighted by atomic mass is 127. The van der Waals surface area contributed by atoms with Gasteiger partial charge in [0.15, 0.2) is 0 Å². The topological polar surface area (TPSA) is 35.5 Å². The van der Waals surface area contributed by atoms with Crippen LogP contribution in [-0.2, 0) is 9.09 Å². The van der Waals surface area contributed by atoms with Gasteiger partial charge in [-0.25, -0.2) is 4.57 Å². The number of benzene rings is 1. The quantitative estimate of drug-likeness (QED) is 0.471. The van der Waals surface area contributed by atoms with E-state index in [1.165, 1.54) is 0 Å². The van der Waals surface area contributed by atoms with Gasteiger partial charge in [0, 0.05) is 4.43 Å². The number of rotatable bonds is 3. The van der Waals surface area contributed by atoms with Crippen LogP contribution < -0.4 is 4.52 Å². The van der Waals surface area contributed by atoms with E-state index in [4.69, 9.17) is 9.05 Å². The van der Waals surface area contributed by atoms with Crippen LogP contribution in [0.15, 0.2) is 30.3 Å². The Labute approximate surface area is 109 Å². The van der Waals surface area contributed by atoms with Gasteiger partial charge in [-0.1, -0.05) is 40.8 Å². The van der Waals surface area contributed by atoms with Gasteiger partial charge < -0.3 is 4.52 Å². The first-order valence-corrected chi connectivity index (χ1v) is 8.55. The van der Waals surface area contributed by atoms with Crippen molar-refractivity contribution in [3.8, 4) is 5.75 Å². The zero-order chi connectivity index (χ0) is 11.4. The molecule has 0 unspecified atom stereocenters. The van der Waals surface area contributed by atoms with Gasteiger partial charge in [-0.3, -0.25) is 4.52 Å². The van der Waals surface area contributed by atoms with E-state index in [0.717, 1.165) is 17.3 Å². The molecule has 88 valence electrons. The molecule has 5 heteroatoms. The molecule has 0 radical (unpaired) electrons. The molecule has 1 saturated heterocycles. The van der Waals surface area contributed by atoms with E-state index >= 15 is 0 Å². The minimum Gasteiger partial charge on any atom is -0.424 e. The predicted octanol–water partition coefficient (Wildman–Crippen LogP) is 3.87. The zero-order valence-corrected chi connectivity index (χ0v) is 11.9. The SMILES string of the molecule is O=[P@]1(Oc2ccccc2)CCC[C@@H](CI)O1. The Hall–Kier alpha value is -0.0600. The smallest absolute Gasteiger partial charge is 0.379 e. The first kappa shape index (κ1) is 12.4. The first-order valence-electron chi connectivity index (χ1n) is 5.30. The molecule has 1 aliphatic heterocycles. The van der Waals surface area contributed by atoms with E-state index in [1.54, 1.807) is 12.1 Å². The van der Waals surface area contributed by atoms with Gasteiger partial charge >= 0.3 is 7.60 Å². The minimum atomic E-state index is -2.91. The first-order chi connectivity index (χ1) is 7.72. The molecule has 1 heterocycles. The molecule has 0 aromatic heterocycles. The van der Waals surface area contributed by atoms with E-state index in [2.05, 4.69) is 22.6 Å². The molecule has 1 fully saturated rings. The average molecular weight is 352 g/mol. The summed E-state index contributed by atoms with van der Waals surface area (Å²) in [5.41, 5.74) is 0. The highest BCUT2D eigenvalue weighted by molar-refractivity contribution is 14.1. The van der Waals surface area contributed by atoms with E-state index < -0.39 is 7.60 Å². The molecular formula is C11H14IO3P. The van der Waals surface area contributed by atoms with Gasteiger partial charge in [0.2, 0.25) is 0 Å². The lowest BCUT2D eigenvalue weighted by Crippen LogP contribution is -2.21. The second kappa shape index (κ2) is 5.52. The summed E-state index contributed by atoms with van der Waals surface area (Å²) in [4.78, 5) is 0. The van der Waals surface area contributed by atoms with Crippen molar-refractivity contribution in [3.05, 3.63) is 30.3 Å². The molecule has 3 nitrogen and oxygen atoms in total. The molecule has 0 amide bonds. The maximum atomic E-state index is 12.3. The summed E-state index contributed by atoms with van der Waals surface area (Å²) in [6, 6.07) is 9.23. The van der Waals surface area contributed by atoms with Crippen molar-refractivity contribution < 1.29 is 13.6 Å². The van der Waals surface area contributed by atoms with E-state index in [9.17, 15) is 4.57 Å². The monoisotopic (exact) mass is 352 g/mol. The fraction of sp³-hybridized carbons (Fsp3) is 0.455. The van der Waals surface area contributed by atoms with E-state index in [1.807, 2.05) is 18.2 Å². The van der Waals surface area contributed by atoms with Crippen molar-refractivity contribution in [3.63, 3.8) is 0 Å². The van der Waals surface area contributed by atoms with Crippen LogP contribution in [0.1, 0.15) is 12.8 Å². The summed E-state index contributed by atoms with van der Waals surface area (Å²) in [7, 11) is -2.91. The fourth-order valence-electron chi connectivity index (χ4n) is 1.66. The lowest BCUT2D eigenvalue weighted by Gasteiger charge is -2.28. The molecule has 0 bridgehead atoms. The van der Waals surface area contributed by atoms with Crippen molar-refractivity contribution in [2.45, 2.75) is 18.9 Å². The molecule has 1 aliphatic rings. The molecule has 2 rings (SSSR count). The largest absolute Gasteiger partial charge is 0.424 e. The summed E-state index contributed by atoms with van der Waals surface area (Å²) in [6.07, 6.45) is 2.49. The Bertz CT molecular complexity index is 382. The standard InChI is InChI=1S/C11H14IO3P/c12-9-11-7-4-8-16(13,15-11)14-10-5-2-1-3-6-10/h1-3,5-6,11H,4,7-9H2/t11-,16-/m0/s1. The fourth-order valence-corrected chi connectivity index (χ4v) is 4.45. The summed E-state index contributed by atoms with van der Waals surface area (Å²) in [5, 5.41) is 0. The third kappa shape index (κ3) is 3.22. The van der Waals surface area contributed by atoms with Gasteiger partial charge in [0.1, 0.15) is 5.75 Å². The normalized spacial score (nSPS) is 29.9.